The van der Waals surface area contributed by atoms with Crippen molar-refractivity contribution in [3.63, 3.8) is 0 Å². The minimum Gasteiger partial charge on any atom is -0.463 e. The highest BCUT2D eigenvalue weighted by molar-refractivity contribution is 7.92. The highest BCUT2D eigenvalue weighted by Gasteiger charge is 2.38. The number of aryl methyl sites for hydroxylation is 2. The zero-order chi connectivity index (χ0) is 24.2. The van der Waals surface area contributed by atoms with Crippen molar-refractivity contribution < 1.29 is 32.2 Å². The third kappa shape index (κ3) is 6.00. The topological polar surface area (TPSA) is 99.2 Å². The summed E-state index contributed by atoms with van der Waals surface area (Å²) in [7, 11) is -4.04. The van der Waals surface area contributed by atoms with Gasteiger partial charge in [-0.2, -0.15) is 0 Å². The van der Waals surface area contributed by atoms with Gasteiger partial charge in [0.25, 0.3) is 10.0 Å². The Morgan fingerprint density at radius 2 is 1.48 bits per heavy atom. The molecular formula is C24H27NO7S. The maximum Gasteiger partial charge on any atom is 0.303 e. The summed E-state index contributed by atoms with van der Waals surface area (Å²) < 4.78 is 44.9. The number of carbonyl (C=O) groups excluding carboxylic acids is 2. The van der Waals surface area contributed by atoms with Crippen LogP contribution in [0, 0.1) is 13.8 Å². The van der Waals surface area contributed by atoms with E-state index in [2.05, 4.69) is 0 Å². The number of hydrogen-bond donors (Lipinski definition) is 0. The Morgan fingerprint density at radius 3 is 2.03 bits per heavy atom. The number of ether oxygens (including phenoxy) is 3. The average Bonchev–Trinajstić information content (AvgIpc) is 2.75. The van der Waals surface area contributed by atoms with E-state index in [9.17, 15) is 18.0 Å². The molecule has 0 unspecified atom stereocenters. The molecule has 0 N–H and O–H groups in total. The lowest BCUT2D eigenvalue weighted by Gasteiger charge is -2.37. The highest BCUT2D eigenvalue weighted by atomic mass is 32.2. The maximum absolute atomic E-state index is 13.7. The van der Waals surface area contributed by atoms with Gasteiger partial charge in [0.05, 0.1) is 10.6 Å². The van der Waals surface area contributed by atoms with Crippen molar-refractivity contribution in [3.05, 3.63) is 71.8 Å². The number of esters is 2. The molecular weight excluding hydrogens is 446 g/mol. The lowest BCUT2D eigenvalue weighted by atomic mass is 10.1. The largest absolute Gasteiger partial charge is 0.463 e. The molecule has 33 heavy (non-hydrogen) atoms. The Kier molecular flexibility index (Phi) is 7.55. The molecule has 0 spiro atoms. The molecule has 1 aliphatic heterocycles. The van der Waals surface area contributed by atoms with E-state index in [-0.39, 0.29) is 11.5 Å². The quantitative estimate of drug-likeness (QED) is 0.449. The van der Waals surface area contributed by atoms with Gasteiger partial charge in [0.15, 0.2) is 6.23 Å². The molecule has 2 aromatic carbocycles. The summed E-state index contributed by atoms with van der Waals surface area (Å²) in [5.74, 6) is -1.07. The Morgan fingerprint density at radius 1 is 0.909 bits per heavy atom. The van der Waals surface area contributed by atoms with Gasteiger partial charge in [0.2, 0.25) is 0 Å². The van der Waals surface area contributed by atoms with Crippen LogP contribution in [-0.4, -0.2) is 45.4 Å². The molecule has 0 saturated carbocycles. The van der Waals surface area contributed by atoms with Gasteiger partial charge in [0, 0.05) is 13.8 Å². The van der Waals surface area contributed by atoms with E-state index in [0.717, 1.165) is 11.1 Å². The molecule has 1 aliphatic rings. The van der Waals surface area contributed by atoms with Crippen LogP contribution >= 0.6 is 0 Å². The third-order valence-corrected chi connectivity index (χ3v) is 6.80. The normalized spacial score (nSPS) is 20.2. The Bertz CT molecular complexity index is 1120. The van der Waals surface area contributed by atoms with Crippen LogP contribution in [0.3, 0.4) is 0 Å². The summed E-state index contributed by atoms with van der Waals surface area (Å²) in [6.07, 6.45) is 0.277. The zero-order valence-corrected chi connectivity index (χ0v) is 19.7. The van der Waals surface area contributed by atoms with Crippen LogP contribution in [-0.2, 0) is 33.8 Å². The molecule has 0 aliphatic carbocycles. The predicted molar refractivity (Wildman–Crippen MR) is 122 cm³/mol. The van der Waals surface area contributed by atoms with Crippen molar-refractivity contribution in [2.24, 2.45) is 0 Å². The first-order valence-electron chi connectivity index (χ1n) is 10.4. The van der Waals surface area contributed by atoms with E-state index in [4.69, 9.17) is 14.2 Å². The molecule has 8 nitrogen and oxygen atoms in total. The number of anilines is 1. The van der Waals surface area contributed by atoms with Crippen molar-refractivity contribution >= 4 is 27.6 Å². The number of benzene rings is 2. The lowest BCUT2D eigenvalue weighted by Crippen LogP contribution is -2.49. The molecule has 176 valence electrons. The van der Waals surface area contributed by atoms with Gasteiger partial charge in [-0.15, -0.1) is 0 Å². The second-order valence-corrected chi connectivity index (χ2v) is 9.59. The molecule has 0 amide bonds. The SMILES string of the molecule is CC(=O)OC[C@H]1O[C@H](N(c2ccc(C)cc2)S(=O)(=O)c2ccc(C)cc2)C=C[C@@H]1OC(C)=O. The minimum absolute atomic E-state index is 0.101. The lowest BCUT2D eigenvalue weighted by molar-refractivity contribution is -0.162. The first-order valence-corrected chi connectivity index (χ1v) is 11.8. The van der Waals surface area contributed by atoms with Crippen LogP contribution in [0.5, 0.6) is 0 Å². The summed E-state index contributed by atoms with van der Waals surface area (Å²) >= 11 is 0. The van der Waals surface area contributed by atoms with Crippen molar-refractivity contribution in [1.82, 2.24) is 0 Å². The van der Waals surface area contributed by atoms with Gasteiger partial charge in [-0.25, -0.2) is 12.7 Å². The second-order valence-electron chi connectivity index (χ2n) is 7.78. The number of carbonyl (C=O) groups is 2. The Labute approximate surface area is 193 Å². The molecule has 2 aromatic rings. The third-order valence-electron chi connectivity index (χ3n) is 5.00. The molecule has 3 atom stereocenters. The average molecular weight is 474 g/mol. The molecule has 9 heteroatoms. The van der Waals surface area contributed by atoms with Crippen molar-refractivity contribution in [2.45, 2.75) is 51.0 Å². The van der Waals surface area contributed by atoms with Gasteiger partial charge < -0.3 is 14.2 Å². The summed E-state index contributed by atoms with van der Waals surface area (Å²) in [6.45, 7) is 6.06. The fraction of sp³-hybridized carbons (Fsp3) is 0.333. The van der Waals surface area contributed by atoms with Gasteiger partial charge in [0.1, 0.15) is 18.8 Å². The molecule has 0 fully saturated rings. The van der Waals surface area contributed by atoms with E-state index in [0.29, 0.717) is 5.69 Å². The summed E-state index contributed by atoms with van der Waals surface area (Å²) in [5.41, 5.74) is 2.29. The summed E-state index contributed by atoms with van der Waals surface area (Å²) in [6, 6.07) is 13.5. The molecule has 0 saturated heterocycles. The van der Waals surface area contributed by atoms with E-state index >= 15 is 0 Å². The van der Waals surface area contributed by atoms with Gasteiger partial charge in [-0.05, 0) is 50.3 Å². The number of hydrogen-bond acceptors (Lipinski definition) is 7. The molecule has 3 rings (SSSR count). The van der Waals surface area contributed by atoms with E-state index in [1.165, 1.54) is 36.4 Å². The van der Waals surface area contributed by atoms with E-state index < -0.39 is 40.4 Å². The Balaban J connectivity index is 2.04. The van der Waals surface area contributed by atoms with Crippen molar-refractivity contribution in [2.75, 3.05) is 10.9 Å². The molecule has 0 bridgehead atoms. The summed E-state index contributed by atoms with van der Waals surface area (Å²) in [5, 5.41) is 0. The van der Waals surface area contributed by atoms with E-state index in [1.807, 2.05) is 13.8 Å². The zero-order valence-electron chi connectivity index (χ0n) is 18.9. The maximum atomic E-state index is 13.7. The number of nitrogens with zero attached hydrogens (tertiary/aromatic N) is 1. The highest BCUT2D eigenvalue weighted by Crippen LogP contribution is 2.31. The van der Waals surface area contributed by atoms with Gasteiger partial charge in [-0.3, -0.25) is 9.59 Å². The standard InChI is InChI=1S/C24H27NO7S/c1-16-5-9-20(10-6-16)25(33(28,29)21-11-7-17(2)8-12-21)24-14-13-22(31-19(4)27)23(32-24)15-30-18(3)26/h5-14,22-24H,15H2,1-4H3/t22-,23+,24-/m0/s1. The fourth-order valence-corrected chi connectivity index (χ4v) is 4.84. The summed E-state index contributed by atoms with van der Waals surface area (Å²) in [4.78, 5) is 23.0. The monoisotopic (exact) mass is 473 g/mol. The molecule has 0 radical (unpaired) electrons. The van der Waals surface area contributed by atoms with Crippen molar-refractivity contribution in [3.8, 4) is 0 Å². The van der Waals surface area contributed by atoms with Crippen LogP contribution in [0.15, 0.2) is 65.6 Å². The number of rotatable bonds is 7. The van der Waals surface area contributed by atoms with Gasteiger partial charge >= 0.3 is 11.9 Å². The van der Waals surface area contributed by atoms with Crippen LogP contribution in [0.25, 0.3) is 0 Å². The predicted octanol–water partition coefficient (Wildman–Crippen LogP) is 3.27. The van der Waals surface area contributed by atoms with Crippen LogP contribution < -0.4 is 4.31 Å². The minimum atomic E-state index is -4.04. The van der Waals surface area contributed by atoms with Crippen molar-refractivity contribution in [1.29, 1.82) is 0 Å². The smallest absolute Gasteiger partial charge is 0.303 e. The molecule has 0 aromatic heterocycles. The second kappa shape index (κ2) is 10.2. The van der Waals surface area contributed by atoms with Crippen LogP contribution in [0.2, 0.25) is 0 Å². The van der Waals surface area contributed by atoms with E-state index in [1.54, 1.807) is 42.5 Å². The van der Waals surface area contributed by atoms with Crippen LogP contribution in [0.4, 0.5) is 5.69 Å². The first kappa shape index (κ1) is 24.5. The van der Waals surface area contributed by atoms with Gasteiger partial charge in [-0.1, -0.05) is 35.4 Å². The first-order chi connectivity index (χ1) is 15.6. The van der Waals surface area contributed by atoms with Crippen LogP contribution in [0.1, 0.15) is 25.0 Å². The Hall–Kier alpha value is -3.17. The molecule has 1 heterocycles. The number of sulfonamides is 1. The fourth-order valence-electron chi connectivity index (χ4n) is 3.34.